The van der Waals surface area contributed by atoms with Crippen molar-refractivity contribution in [2.45, 2.75) is 45.1 Å². The Labute approximate surface area is 186 Å². The van der Waals surface area contributed by atoms with Gasteiger partial charge in [-0.25, -0.2) is 9.67 Å². The van der Waals surface area contributed by atoms with E-state index in [9.17, 15) is 0 Å². The zero-order valence-corrected chi connectivity index (χ0v) is 18.2. The van der Waals surface area contributed by atoms with Gasteiger partial charge < -0.3 is 11.1 Å². The molecule has 158 valence electrons. The number of nitrogen functional groups attached to an aromatic ring is 1. The van der Waals surface area contributed by atoms with Crippen molar-refractivity contribution in [1.29, 1.82) is 0 Å². The number of aromatic nitrogens is 4. The molecule has 7 heteroatoms. The van der Waals surface area contributed by atoms with Gasteiger partial charge in [-0.1, -0.05) is 55.1 Å². The molecule has 4 aromatic rings. The van der Waals surface area contributed by atoms with E-state index >= 15 is 0 Å². The van der Waals surface area contributed by atoms with Gasteiger partial charge in [-0.05, 0) is 49.6 Å². The highest BCUT2D eigenvalue weighted by atomic mass is 35.5. The van der Waals surface area contributed by atoms with Crippen LogP contribution in [0.1, 0.15) is 37.7 Å². The summed E-state index contributed by atoms with van der Waals surface area (Å²) >= 11 is 6.12. The van der Waals surface area contributed by atoms with Crippen LogP contribution in [0.2, 0.25) is 5.02 Å². The maximum Gasteiger partial charge on any atom is 0.225 e. The van der Waals surface area contributed by atoms with Crippen molar-refractivity contribution in [3.05, 3.63) is 59.1 Å². The van der Waals surface area contributed by atoms with Gasteiger partial charge in [0.05, 0.1) is 16.8 Å². The third-order valence-electron chi connectivity index (χ3n) is 5.87. The summed E-state index contributed by atoms with van der Waals surface area (Å²) in [6.07, 6.45) is 6.04. The zero-order valence-electron chi connectivity index (χ0n) is 17.5. The number of fused-ring (bicyclic) bond motifs is 1. The molecule has 0 radical (unpaired) electrons. The van der Waals surface area contributed by atoms with Crippen LogP contribution in [0.15, 0.2) is 48.5 Å². The number of aryl methyl sites for hydroxylation is 1. The molecule has 1 fully saturated rings. The first-order valence-electron chi connectivity index (χ1n) is 10.7. The van der Waals surface area contributed by atoms with Gasteiger partial charge in [0.25, 0.3) is 0 Å². The minimum atomic E-state index is 0.389. The number of hydrogen-bond donors (Lipinski definition) is 2. The quantitative estimate of drug-likeness (QED) is 0.427. The largest absolute Gasteiger partial charge is 0.383 e. The van der Waals surface area contributed by atoms with Gasteiger partial charge in [0.1, 0.15) is 5.82 Å². The van der Waals surface area contributed by atoms with E-state index in [2.05, 4.69) is 11.4 Å². The van der Waals surface area contributed by atoms with Crippen molar-refractivity contribution >= 4 is 34.4 Å². The molecule has 0 bridgehead atoms. The molecule has 1 aliphatic carbocycles. The van der Waals surface area contributed by atoms with Crippen molar-refractivity contribution in [3.8, 4) is 16.9 Å². The third kappa shape index (κ3) is 3.95. The molecular formula is C24H25ClN6. The lowest BCUT2D eigenvalue weighted by Crippen LogP contribution is -2.23. The molecule has 0 unspecified atom stereocenters. The number of benzene rings is 2. The van der Waals surface area contributed by atoms with Crippen LogP contribution in [0.3, 0.4) is 0 Å². The van der Waals surface area contributed by atoms with Crippen LogP contribution in [0.4, 0.5) is 11.8 Å². The molecule has 0 saturated heterocycles. The lowest BCUT2D eigenvalue weighted by atomic mass is 9.96. The molecule has 31 heavy (non-hydrogen) atoms. The number of nitrogens with two attached hydrogens (primary N) is 1. The second kappa shape index (κ2) is 8.19. The topological polar surface area (TPSA) is 81.7 Å². The van der Waals surface area contributed by atoms with Gasteiger partial charge in [0.2, 0.25) is 5.95 Å². The lowest BCUT2D eigenvalue weighted by molar-refractivity contribution is 0.461. The SMILES string of the molecule is Cc1cccc(-n2nc3nc(NC4CCCCC4)nc(-c4ccc(Cl)cc4)c3c2N)c1. The highest BCUT2D eigenvalue weighted by Crippen LogP contribution is 2.34. The van der Waals surface area contributed by atoms with E-state index in [1.807, 2.05) is 49.4 Å². The van der Waals surface area contributed by atoms with E-state index in [4.69, 9.17) is 32.4 Å². The van der Waals surface area contributed by atoms with Crippen molar-refractivity contribution in [3.63, 3.8) is 0 Å². The van der Waals surface area contributed by atoms with Crippen molar-refractivity contribution < 1.29 is 0 Å². The van der Waals surface area contributed by atoms with Crippen LogP contribution in [0.5, 0.6) is 0 Å². The molecule has 0 spiro atoms. The molecule has 3 N–H and O–H groups in total. The summed E-state index contributed by atoms with van der Waals surface area (Å²) in [5.41, 5.74) is 10.9. The number of anilines is 2. The average molecular weight is 433 g/mol. The first kappa shape index (κ1) is 19.8. The molecule has 1 aliphatic rings. The highest BCUT2D eigenvalue weighted by molar-refractivity contribution is 6.30. The summed E-state index contributed by atoms with van der Waals surface area (Å²) < 4.78 is 1.75. The fourth-order valence-electron chi connectivity index (χ4n) is 4.28. The van der Waals surface area contributed by atoms with E-state index in [1.165, 1.54) is 19.3 Å². The van der Waals surface area contributed by atoms with Gasteiger partial charge >= 0.3 is 0 Å². The standard InChI is InChI=1S/C24H25ClN6/c1-15-6-5-9-19(14-15)31-22(26)20-21(16-10-12-17(25)13-11-16)28-24(29-23(20)30-31)27-18-7-3-2-4-8-18/h5-6,9-14,18H,2-4,7-8,26H2,1H3,(H,27,29,30). The molecule has 0 amide bonds. The predicted octanol–water partition coefficient (Wildman–Crippen LogP) is 5.77. The van der Waals surface area contributed by atoms with E-state index in [-0.39, 0.29) is 0 Å². The van der Waals surface area contributed by atoms with Crippen LogP contribution >= 0.6 is 11.6 Å². The molecule has 0 atom stereocenters. The van der Waals surface area contributed by atoms with Crippen LogP contribution in [0.25, 0.3) is 28.0 Å². The lowest BCUT2D eigenvalue weighted by Gasteiger charge is -2.22. The molecular weight excluding hydrogens is 408 g/mol. The predicted molar refractivity (Wildman–Crippen MR) is 127 cm³/mol. The van der Waals surface area contributed by atoms with Gasteiger partial charge in [-0.2, -0.15) is 4.98 Å². The Bertz CT molecular complexity index is 1230. The number of nitrogens with zero attached hydrogens (tertiary/aromatic N) is 4. The molecule has 2 aromatic carbocycles. The molecule has 2 aromatic heterocycles. The summed E-state index contributed by atoms with van der Waals surface area (Å²) in [7, 11) is 0. The number of nitrogens with one attached hydrogen (secondary N) is 1. The minimum Gasteiger partial charge on any atom is -0.383 e. The van der Waals surface area contributed by atoms with E-state index in [1.54, 1.807) is 4.68 Å². The molecule has 1 saturated carbocycles. The Morgan fingerprint density at radius 1 is 1.03 bits per heavy atom. The Hall–Kier alpha value is -3.12. The molecule has 5 rings (SSSR count). The van der Waals surface area contributed by atoms with Crippen molar-refractivity contribution in [1.82, 2.24) is 19.7 Å². The molecule has 0 aliphatic heterocycles. The van der Waals surface area contributed by atoms with Crippen molar-refractivity contribution in [2.24, 2.45) is 0 Å². The number of halogens is 1. The summed E-state index contributed by atoms with van der Waals surface area (Å²) in [4.78, 5) is 9.62. The average Bonchev–Trinajstić information content (AvgIpc) is 3.11. The summed E-state index contributed by atoms with van der Waals surface area (Å²) in [6, 6.07) is 16.1. The Balaban J connectivity index is 1.67. The first-order valence-corrected chi connectivity index (χ1v) is 11.1. The van der Waals surface area contributed by atoms with Crippen LogP contribution in [0, 0.1) is 6.92 Å². The first-order chi connectivity index (χ1) is 15.1. The van der Waals surface area contributed by atoms with Crippen LogP contribution < -0.4 is 11.1 Å². The Morgan fingerprint density at radius 3 is 2.55 bits per heavy atom. The molecule has 2 heterocycles. The minimum absolute atomic E-state index is 0.389. The molecule has 6 nitrogen and oxygen atoms in total. The normalized spacial score (nSPS) is 14.8. The maximum atomic E-state index is 6.60. The van der Waals surface area contributed by atoms with Crippen LogP contribution in [-0.4, -0.2) is 25.8 Å². The van der Waals surface area contributed by atoms with Gasteiger partial charge in [-0.15, -0.1) is 5.10 Å². The summed E-state index contributed by atoms with van der Waals surface area (Å²) in [5.74, 6) is 1.12. The third-order valence-corrected chi connectivity index (χ3v) is 6.12. The van der Waals surface area contributed by atoms with E-state index < -0.39 is 0 Å². The summed E-state index contributed by atoms with van der Waals surface area (Å²) in [6.45, 7) is 2.05. The summed E-state index contributed by atoms with van der Waals surface area (Å²) in [5, 5.41) is 9.72. The fourth-order valence-corrected chi connectivity index (χ4v) is 4.40. The van der Waals surface area contributed by atoms with E-state index in [0.717, 1.165) is 40.7 Å². The van der Waals surface area contributed by atoms with Gasteiger partial charge in [0, 0.05) is 16.6 Å². The Kier molecular flexibility index (Phi) is 5.24. The second-order valence-corrected chi connectivity index (χ2v) is 8.65. The second-order valence-electron chi connectivity index (χ2n) is 8.22. The smallest absolute Gasteiger partial charge is 0.225 e. The highest BCUT2D eigenvalue weighted by Gasteiger charge is 2.21. The van der Waals surface area contributed by atoms with Gasteiger partial charge in [0.15, 0.2) is 5.65 Å². The number of hydrogen-bond acceptors (Lipinski definition) is 5. The van der Waals surface area contributed by atoms with Crippen molar-refractivity contribution in [2.75, 3.05) is 11.1 Å². The van der Waals surface area contributed by atoms with Crippen LogP contribution in [-0.2, 0) is 0 Å². The van der Waals surface area contributed by atoms with Gasteiger partial charge in [-0.3, -0.25) is 0 Å². The monoisotopic (exact) mass is 432 g/mol. The van der Waals surface area contributed by atoms with E-state index in [0.29, 0.717) is 28.5 Å². The number of rotatable bonds is 4. The fraction of sp³-hybridized carbons (Fsp3) is 0.292. The Morgan fingerprint density at radius 2 is 1.81 bits per heavy atom. The maximum absolute atomic E-state index is 6.60. The zero-order chi connectivity index (χ0) is 21.4.